The SMILES string of the molecule is CCc1cc(C(F)(F)F)ccc1C(=O)NC1(c2cccnc2)CCCN(C)C1.Cl. The van der Waals surface area contributed by atoms with Crippen molar-refractivity contribution >= 4 is 18.3 Å². The van der Waals surface area contributed by atoms with Gasteiger partial charge in [0, 0.05) is 24.5 Å². The van der Waals surface area contributed by atoms with Crippen molar-refractivity contribution in [1.29, 1.82) is 0 Å². The summed E-state index contributed by atoms with van der Waals surface area (Å²) in [4.78, 5) is 19.4. The van der Waals surface area contributed by atoms with Gasteiger partial charge in [0.15, 0.2) is 0 Å². The summed E-state index contributed by atoms with van der Waals surface area (Å²) in [6.45, 7) is 3.29. The van der Waals surface area contributed by atoms with Crippen LogP contribution in [-0.2, 0) is 18.1 Å². The number of likely N-dealkylation sites (N-methyl/N-ethyl adjacent to an activating group) is 1. The number of pyridine rings is 1. The van der Waals surface area contributed by atoms with Gasteiger partial charge in [0.1, 0.15) is 0 Å². The summed E-state index contributed by atoms with van der Waals surface area (Å²) in [7, 11) is 1.99. The number of aromatic nitrogens is 1. The molecule has 3 rings (SSSR count). The van der Waals surface area contributed by atoms with E-state index in [9.17, 15) is 18.0 Å². The predicted octanol–water partition coefficient (Wildman–Crippen LogP) is 4.44. The minimum Gasteiger partial charge on any atom is -0.341 e. The highest BCUT2D eigenvalue weighted by atomic mass is 35.5. The van der Waals surface area contributed by atoms with Gasteiger partial charge in [0.05, 0.1) is 11.1 Å². The maximum absolute atomic E-state index is 13.1. The number of benzene rings is 1. The number of halogens is 4. The molecule has 1 atom stereocenters. The van der Waals surface area contributed by atoms with E-state index in [-0.39, 0.29) is 23.9 Å². The quantitative estimate of drug-likeness (QED) is 0.784. The van der Waals surface area contributed by atoms with Crippen LogP contribution in [0.4, 0.5) is 13.2 Å². The first-order valence-electron chi connectivity index (χ1n) is 9.37. The Kier molecular flexibility index (Phi) is 7.30. The zero-order chi connectivity index (χ0) is 20.4. The number of nitrogens with zero attached hydrogens (tertiary/aromatic N) is 2. The Hall–Kier alpha value is -2.12. The highest BCUT2D eigenvalue weighted by Gasteiger charge is 2.38. The maximum Gasteiger partial charge on any atom is 0.416 e. The molecule has 1 aliphatic rings. The fraction of sp³-hybridized carbons (Fsp3) is 0.429. The van der Waals surface area contributed by atoms with Crippen LogP contribution in [0, 0.1) is 0 Å². The maximum atomic E-state index is 13.1. The first-order chi connectivity index (χ1) is 13.2. The molecule has 2 aromatic rings. The van der Waals surface area contributed by atoms with Crippen molar-refractivity contribution in [3.05, 3.63) is 65.0 Å². The summed E-state index contributed by atoms with van der Waals surface area (Å²) in [5.41, 5.74) is 0.219. The summed E-state index contributed by atoms with van der Waals surface area (Å²) < 4.78 is 39.1. The molecule has 2 heterocycles. The van der Waals surface area contributed by atoms with E-state index in [0.29, 0.717) is 18.5 Å². The zero-order valence-corrected chi connectivity index (χ0v) is 17.2. The third kappa shape index (κ3) is 5.08. The van der Waals surface area contributed by atoms with Gasteiger partial charge in [-0.15, -0.1) is 12.4 Å². The van der Waals surface area contributed by atoms with Crippen molar-refractivity contribution in [2.75, 3.05) is 20.1 Å². The van der Waals surface area contributed by atoms with E-state index in [1.807, 2.05) is 19.2 Å². The number of aryl methyl sites for hydroxylation is 1. The lowest BCUT2D eigenvalue weighted by atomic mass is 9.82. The Balaban J connectivity index is 0.00000300. The van der Waals surface area contributed by atoms with Crippen LogP contribution in [0.2, 0.25) is 0 Å². The molecule has 1 N–H and O–H groups in total. The van der Waals surface area contributed by atoms with Crippen molar-refractivity contribution in [2.24, 2.45) is 0 Å². The largest absolute Gasteiger partial charge is 0.416 e. The number of carbonyl (C=O) groups excluding carboxylic acids is 1. The van der Waals surface area contributed by atoms with Crippen molar-refractivity contribution in [1.82, 2.24) is 15.2 Å². The number of hydrogen-bond acceptors (Lipinski definition) is 3. The number of carbonyl (C=O) groups is 1. The second kappa shape index (κ2) is 9.13. The molecule has 0 spiro atoms. The topological polar surface area (TPSA) is 45.2 Å². The summed E-state index contributed by atoms with van der Waals surface area (Å²) in [6, 6.07) is 7.07. The van der Waals surface area contributed by atoms with Gasteiger partial charge in [-0.25, -0.2) is 0 Å². The van der Waals surface area contributed by atoms with Gasteiger partial charge in [-0.2, -0.15) is 13.2 Å². The van der Waals surface area contributed by atoms with Gasteiger partial charge < -0.3 is 10.2 Å². The standard InChI is InChI=1S/C21H24F3N3O.ClH/c1-3-15-12-16(21(22,23)24)7-8-18(15)19(28)26-20(9-5-11-27(2)14-20)17-6-4-10-25-13-17;/h4,6-8,10,12-13H,3,5,9,11,14H2,1-2H3,(H,26,28);1H. The molecule has 29 heavy (non-hydrogen) atoms. The van der Waals surface area contributed by atoms with E-state index in [2.05, 4.69) is 15.2 Å². The lowest BCUT2D eigenvalue weighted by Crippen LogP contribution is -2.55. The molecule has 1 aliphatic heterocycles. The molecule has 0 radical (unpaired) electrons. The van der Waals surface area contributed by atoms with Crippen LogP contribution >= 0.6 is 12.4 Å². The Morgan fingerprint density at radius 2 is 2.07 bits per heavy atom. The number of piperidine rings is 1. The fourth-order valence-corrected chi connectivity index (χ4v) is 3.89. The number of nitrogens with one attached hydrogen (secondary N) is 1. The van der Waals surface area contributed by atoms with Crippen LogP contribution < -0.4 is 5.32 Å². The Labute approximate surface area is 174 Å². The van der Waals surface area contributed by atoms with Gasteiger partial charge in [0.2, 0.25) is 0 Å². The smallest absolute Gasteiger partial charge is 0.341 e. The second-order valence-electron chi connectivity index (χ2n) is 7.34. The lowest BCUT2D eigenvalue weighted by Gasteiger charge is -2.42. The first-order valence-corrected chi connectivity index (χ1v) is 9.37. The minimum atomic E-state index is -4.43. The normalized spacial score (nSPS) is 20.0. The van der Waals surface area contributed by atoms with Gasteiger partial charge in [-0.1, -0.05) is 13.0 Å². The molecule has 158 valence electrons. The fourth-order valence-electron chi connectivity index (χ4n) is 3.89. The molecule has 1 aromatic carbocycles. The summed E-state index contributed by atoms with van der Waals surface area (Å²) >= 11 is 0. The van der Waals surface area contributed by atoms with E-state index >= 15 is 0 Å². The highest BCUT2D eigenvalue weighted by Crippen LogP contribution is 2.33. The van der Waals surface area contributed by atoms with Crippen molar-refractivity contribution in [3.8, 4) is 0 Å². The average molecular weight is 428 g/mol. The molecule has 0 aliphatic carbocycles. The van der Waals surface area contributed by atoms with Crippen LogP contribution in [0.5, 0.6) is 0 Å². The van der Waals surface area contributed by atoms with Crippen molar-refractivity contribution in [2.45, 2.75) is 37.9 Å². The third-order valence-electron chi connectivity index (χ3n) is 5.31. The highest BCUT2D eigenvalue weighted by molar-refractivity contribution is 5.96. The molecule has 1 unspecified atom stereocenters. The van der Waals surface area contributed by atoms with Gasteiger partial charge in [-0.05, 0) is 68.2 Å². The summed E-state index contributed by atoms with van der Waals surface area (Å²) in [5, 5.41) is 3.13. The number of amides is 1. The van der Waals surface area contributed by atoms with Crippen LogP contribution in [0.25, 0.3) is 0 Å². The van der Waals surface area contributed by atoms with Gasteiger partial charge in [-0.3, -0.25) is 9.78 Å². The third-order valence-corrected chi connectivity index (χ3v) is 5.31. The molecule has 1 saturated heterocycles. The summed E-state index contributed by atoms with van der Waals surface area (Å²) in [6.07, 6.45) is 0.980. The zero-order valence-electron chi connectivity index (χ0n) is 16.4. The molecule has 4 nitrogen and oxygen atoms in total. The van der Waals surface area contributed by atoms with Gasteiger partial charge in [0.25, 0.3) is 5.91 Å². The first kappa shape index (κ1) is 23.2. The molecular formula is C21H25ClF3N3O. The molecule has 0 bridgehead atoms. The van der Waals surface area contributed by atoms with Crippen LogP contribution in [0.3, 0.4) is 0 Å². The molecule has 0 saturated carbocycles. The van der Waals surface area contributed by atoms with Crippen molar-refractivity contribution < 1.29 is 18.0 Å². The lowest BCUT2D eigenvalue weighted by molar-refractivity contribution is -0.137. The molecule has 1 fully saturated rings. The Morgan fingerprint density at radius 3 is 2.66 bits per heavy atom. The van der Waals surface area contributed by atoms with E-state index in [0.717, 1.165) is 37.1 Å². The molecular weight excluding hydrogens is 403 g/mol. The van der Waals surface area contributed by atoms with Crippen LogP contribution in [0.1, 0.15) is 46.8 Å². The molecule has 1 amide bonds. The number of rotatable bonds is 4. The van der Waals surface area contributed by atoms with E-state index in [4.69, 9.17) is 0 Å². The minimum absolute atomic E-state index is 0. The Morgan fingerprint density at radius 1 is 1.31 bits per heavy atom. The van der Waals surface area contributed by atoms with E-state index in [1.165, 1.54) is 6.07 Å². The van der Waals surface area contributed by atoms with Crippen LogP contribution in [-0.4, -0.2) is 35.9 Å². The Bertz CT molecular complexity index is 845. The number of alkyl halides is 3. The predicted molar refractivity (Wildman–Crippen MR) is 108 cm³/mol. The van der Waals surface area contributed by atoms with E-state index < -0.39 is 17.3 Å². The molecule has 1 aromatic heterocycles. The number of likely N-dealkylation sites (tertiary alicyclic amines) is 1. The van der Waals surface area contributed by atoms with Gasteiger partial charge >= 0.3 is 6.18 Å². The second-order valence-corrected chi connectivity index (χ2v) is 7.34. The number of hydrogen-bond donors (Lipinski definition) is 1. The van der Waals surface area contributed by atoms with Crippen molar-refractivity contribution in [3.63, 3.8) is 0 Å². The monoisotopic (exact) mass is 427 g/mol. The van der Waals surface area contributed by atoms with Crippen LogP contribution in [0.15, 0.2) is 42.7 Å². The average Bonchev–Trinajstić information content (AvgIpc) is 2.67. The van der Waals surface area contributed by atoms with E-state index in [1.54, 1.807) is 19.3 Å². The summed E-state index contributed by atoms with van der Waals surface area (Å²) in [5.74, 6) is -0.357. The molecule has 8 heteroatoms.